The van der Waals surface area contributed by atoms with Gasteiger partial charge in [-0.05, 0) is 36.0 Å². The van der Waals surface area contributed by atoms with E-state index in [2.05, 4.69) is 15.9 Å². The first-order valence-electron chi connectivity index (χ1n) is 5.07. The molecule has 3 unspecified atom stereocenters. The van der Waals surface area contributed by atoms with Crippen molar-refractivity contribution in [1.29, 1.82) is 0 Å². The minimum absolute atomic E-state index is 0.0690. The number of fused-ring (bicyclic) bond motifs is 1. The van der Waals surface area contributed by atoms with Crippen molar-refractivity contribution in [3.05, 3.63) is 34.4 Å². The zero-order valence-corrected chi connectivity index (χ0v) is 10.5. The van der Waals surface area contributed by atoms with Crippen LogP contribution >= 0.6 is 15.9 Å². The van der Waals surface area contributed by atoms with Crippen molar-refractivity contribution in [2.24, 2.45) is 5.92 Å². The summed E-state index contributed by atoms with van der Waals surface area (Å²) >= 11 is 3.46. The van der Waals surface area contributed by atoms with Crippen LogP contribution in [0.5, 0.6) is 0 Å². The van der Waals surface area contributed by atoms with E-state index in [0.29, 0.717) is 16.7 Å². The summed E-state index contributed by atoms with van der Waals surface area (Å²) in [7, 11) is 0. The molecule has 0 N–H and O–H groups in total. The van der Waals surface area contributed by atoms with Gasteiger partial charge in [0.2, 0.25) is 0 Å². The van der Waals surface area contributed by atoms with Gasteiger partial charge in [0.1, 0.15) is 11.6 Å². The Morgan fingerprint density at radius 2 is 1.80 bits per heavy atom. The lowest BCUT2D eigenvalue weighted by molar-refractivity contribution is 0.508. The Morgan fingerprint density at radius 1 is 1.20 bits per heavy atom. The van der Waals surface area contributed by atoms with Gasteiger partial charge in [0.05, 0.1) is 0 Å². The minimum Gasteiger partial charge on any atom is -0.207 e. The Hall–Kier alpha value is -0.440. The Labute approximate surface area is 96.8 Å². The van der Waals surface area contributed by atoms with Crippen LogP contribution in [-0.4, -0.2) is 0 Å². The van der Waals surface area contributed by atoms with Gasteiger partial charge >= 0.3 is 0 Å². The molecule has 1 aliphatic rings. The van der Waals surface area contributed by atoms with Crippen molar-refractivity contribution in [3.63, 3.8) is 0 Å². The predicted octanol–water partition coefficient (Wildman–Crippen LogP) is 4.46. The molecule has 0 saturated carbocycles. The molecule has 15 heavy (non-hydrogen) atoms. The predicted molar refractivity (Wildman–Crippen MR) is 60.3 cm³/mol. The van der Waals surface area contributed by atoms with Crippen molar-refractivity contribution in [2.75, 3.05) is 0 Å². The Morgan fingerprint density at radius 3 is 2.40 bits per heavy atom. The highest BCUT2D eigenvalue weighted by molar-refractivity contribution is 9.09. The maximum atomic E-state index is 13.9. The molecule has 0 amide bonds. The van der Waals surface area contributed by atoms with E-state index in [1.165, 1.54) is 6.07 Å². The highest BCUT2D eigenvalue weighted by Crippen LogP contribution is 2.51. The van der Waals surface area contributed by atoms with E-state index in [1.807, 2.05) is 13.8 Å². The van der Waals surface area contributed by atoms with Crippen molar-refractivity contribution >= 4 is 15.9 Å². The van der Waals surface area contributed by atoms with Crippen molar-refractivity contribution in [1.82, 2.24) is 0 Å². The molecular formula is C12H13BrF2. The normalized spacial score (nSPS) is 29.3. The van der Waals surface area contributed by atoms with Gasteiger partial charge in [0.25, 0.3) is 0 Å². The van der Waals surface area contributed by atoms with Crippen LogP contribution in [0.3, 0.4) is 0 Å². The molecule has 2 rings (SSSR count). The number of rotatable bonds is 0. The van der Waals surface area contributed by atoms with Crippen LogP contribution in [0.2, 0.25) is 0 Å². The topological polar surface area (TPSA) is 0 Å². The summed E-state index contributed by atoms with van der Waals surface area (Å²) in [5, 5.41) is 0. The summed E-state index contributed by atoms with van der Waals surface area (Å²) in [5.41, 5.74) is 1.46. The molecule has 0 spiro atoms. The summed E-state index contributed by atoms with van der Waals surface area (Å²) in [5.74, 6) is -0.236. The van der Waals surface area contributed by atoms with Crippen molar-refractivity contribution in [2.45, 2.75) is 31.5 Å². The number of hydrogen-bond donors (Lipinski definition) is 0. The largest absolute Gasteiger partial charge is 0.207 e. The van der Waals surface area contributed by atoms with Crippen LogP contribution in [-0.2, 0) is 0 Å². The molecular weight excluding hydrogens is 262 g/mol. The summed E-state index contributed by atoms with van der Waals surface area (Å²) in [6.07, 6.45) is 0. The number of alkyl halides is 1. The third-order valence-electron chi connectivity index (χ3n) is 3.45. The fourth-order valence-electron chi connectivity index (χ4n) is 2.30. The molecule has 0 fully saturated rings. The van der Waals surface area contributed by atoms with Crippen LogP contribution in [0, 0.1) is 24.5 Å². The third kappa shape index (κ3) is 1.43. The first-order chi connectivity index (χ1) is 6.95. The van der Waals surface area contributed by atoms with E-state index < -0.39 is 0 Å². The molecule has 1 aromatic carbocycles. The van der Waals surface area contributed by atoms with E-state index in [0.717, 1.165) is 0 Å². The molecule has 0 aliphatic heterocycles. The quantitative estimate of drug-likeness (QED) is 0.613. The van der Waals surface area contributed by atoms with E-state index in [9.17, 15) is 8.78 Å². The van der Waals surface area contributed by atoms with E-state index >= 15 is 0 Å². The van der Waals surface area contributed by atoms with Gasteiger partial charge < -0.3 is 0 Å². The van der Waals surface area contributed by atoms with Crippen LogP contribution in [0.4, 0.5) is 8.78 Å². The molecule has 0 radical (unpaired) electrons. The van der Waals surface area contributed by atoms with Gasteiger partial charge in [0, 0.05) is 10.4 Å². The molecule has 0 heterocycles. The summed E-state index contributed by atoms with van der Waals surface area (Å²) < 4.78 is 27.6. The number of halogens is 3. The van der Waals surface area contributed by atoms with Gasteiger partial charge in [-0.15, -0.1) is 0 Å². The van der Waals surface area contributed by atoms with Crippen LogP contribution in [0.1, 0.15) is 41.3 Å². The van der Waals surface area contributed by atoms with E-state index in [4.69, 9.17) is 0 Å². The maximum Gasteiger partial charge on any atom is 0.130 e. The van der Waals surface area contributed by atoms with Gasteiger partial charge in [-0.3, -0.25) is 0 Å². The average molecular weight is 275 g/mol. The lowest BCUT2D eigenvalue weighted by Crippen LogP contribution is -2.00. The molecule has 0 aromatic heterocycles. The molecule has 3 atom stereocenters. The third-order valence-corrected chi connectivity index (χ3v) is 4.75. The average Bonchev–Trinajstić information content (AvgIpc) is 2.40. The molecule has 0 nitrogen and oxygen atoms in total. The van der Waals surface area contributed by atoms with E-state index in [1.54, 1.807) is 6.92 Å². The number of benzene rings is 1. The monoisotopic (exact) mass is 274 g/mol. The SMILES string of the molecule is Cc1cc(F)c2c(c1F)C(Br)C(C)C2C. The van der Waals surface area contributed by atoms with Gasteiger partial charge in [-0.25, -0.2) is 8.78 Å². The molecule has 0 saturated heterocycles. The molecule has 1 aromatic rings. The highest BCUT2D eigenvalue weighted by Gasteiger charge is 2.38. The first kappa shape index (κ1) is 11.1. The number of aryl methyl sites for hydroxylation is 1. The summed E-state index contributed by atoms with van der Waals surface area (Å²) in [6, 6.07) is 1.29. The highest BCUT2D eigenvalue weighted by atomic mass is 79.9. The second-order valence-electron chi connectivity index (χ2n) is 4.37. The second kappa shape index (κ2) is 3.55. The lowest BCUT2D eigenvalue weighted by atomic mass is 9.96. The maximum absolute atomic E-state index is 13.9. The molecule has 0 bridgehead atoms. The fraction of sp³-hybridized carbons (Fsp3) is 0.500. The van der Waals surface area contributed by atoms with Crippen LogP contribution in [0.25, 0.3) is 0 Å². The summed E-state index contributed by atoms with van der Waals surface area (Å²) in [6.45, 7) is 5.56. The smallest absolute Gasteiger partial charge is 0.130 e. The molecule has 3 heteroatoms. The Balaban J connectivity index is 2.73. The minimum atomic E-state index is -0.273. The standard InChI is InChI=1S/C12H13BrF2/c1-5-4-8(14)9-6(2)7(3)11(13)10(9)12(5)15/h4,6-7,11H,1-3H3. The van der Waals surface area contributed by atoms with Gasteiger partial charge in [-0.1, -0.05) is 29.8 Å². The van der Waals surface area contributed by atoms with E-state index in [-0.39, 0.29) is 28.3 Å². The van der Waals surface area contributed by atoms with Crippen LogP contribution in [0.15, 0.2) is 6.07 Å². The van der Waals surface area contributed by atoms with Crippen LogP contribution < -0.4 is 0 Å². The molecule has 1 aliphatic carbocycles. The first-order valence-corrected chi connectivity index (χ1v) is 5.99. The lowest BCUT2D eigenvalue weighted by Gasteiger charge is -2.12. The second-order valence-corrected chi connectivity index (χ2v) is 5.35. The molecule has 82 valence electrons. The van der Waals surface area contributed by atoms with Gasteiger partial charge in [0.15, 0.2) is 0 Å². The fourth-order valence-corrected chi connectivity index (χ4v) is 3.21. The van der Waals surface area contributed by atoms with Gasteiger partial charge in [-0.2, -0.15) is 0 Å². The Kier molecular flexibility index (Phi) is 2.61. The van der Waals surface area contributed by atoms with Crippen molar-refractivity contribution < 1.29 is 8.78 Å². The number of hydrogen-bond acceptors (Lipinski definition) is 0. The zero-order chi connectivity index (χ0) is 11.3. The van der Waals surface area contributed by atoms with Crippen molar-refractivity contribution in [3.8, 4) is 0 Å². The zero-order valence-electron chi connectivity index (χ0n) is 8.94. The Bertz CT molecular complexity index is 415. The summed E-state index contributed by atoms with van der Waals surface area (Å²) in [4.78, 5) is -0.0723.